The SMILES string of the molecule is COc1ccccc1CNC(=O)C1CCCN1c1ncnc2ccccc12. The number of aromatic nitrogens is 2. The fourth-order valence-electron chi connectivity index (χ4n) is 3.66. The molecular formula is C21H22N4O2. The molecule has 1 aromatic heterocycles. The third-order valence-corrected chi connectivity index (χ3v) is 4.99. The first-order chi connectivity index (χ1) is 13.3. The molecule has 1 aliphatic rings. The lowest BCUT2D eigenvalue weighted by Crippen LogP contribution is -2.43. The standard InChI is InChI=1S/C21H22N4O2/c1-27-19-11-5-2-7-15(19)13-22-21(26)18-10-6-12-25(18)20-16-8-3-4-9-17(16)23-14-24-20/h2-5,7-9,11,14,18H,6,10,12-13H2,1H3,(H,22,26). The second-order valence-corrected chi connectivity index (χ2v) is 6.60. The van der Waals surface area contributed by atoms with E-state index in [1.165, 1.54) is 0 Å². The van der Waals surface area contributed by atoms with E-state index < -0.39 is 0 Å². The minimum Gasteiger partial charge on any atom is -0.496 e. The molecule has 1 atom stereocenters. The van der Waals surface area contributed by atoms with Crippen LogP contribution in [-0.2, 0) is 11.3 Å². The van der Waals surface area contributed by atoms with Crippen LogP contribution in [0.25, 0.3) is 10.9 Å². The van der Waals surface area contributed by atoms with Gasteiger partial charge in [-0.2, -0.15) is 0 Å². The average Bonchev–Trinajstić information content (AvgIpc) is 3.21. The fraction of sp³-hybridized carbons (Fsp3) is 0.286. The number of hydrogen-bond donors (Lipinski definition) is 1. The summed E-state index contributed by atoms with van der Waals surface area (Å²) in [6.45, 7) is 1.26. The van der Waals surface area contributed by atoms with Crippen molar-refractivity contribution in [2.75, 3.05) is 18.6 Å². The molecule has 1 N–H and O–H groups in total. The highest BCUT2D eigenvalue weighted by Gasteiger charge is 2.32. The van der Waals surface area contributed by atoms with Gasteiger partial charge in [0.2, 0.25) is 5.91 Å². The topological polar surface area (TPSA) is 67.3 Å². The molecule has 1 aliphatic heterocycles. The molecule has 1 saturated heterocycles. The van der Waals surface area contributed by atoms with Crippen molar-refractivity contribution in [3.8, 4) is 5.75 Å². The van der Waals surface area contributed by atoms with Gasteiger partial charge in [0.05, 0.1) is 12.6 Å². The maximum absolute atomic E-state index is 12.9. The van der Waals surface area contributed by atoms with Crippen LogP contribution in [0, 0.1) is 0 Å². The number of methoxy groups -OCH3 is 1. The number of nitrogens with one attached hydrogen (secondary N) is 1. The summed E-state index contributed by atoms with van der Waals surface area (Å²) >= 11 is 0. The summed E-state index contributed by atoms with van der Waals surface area (Å²) in [5, 5.41) is 4.04. The van der Waals surface area contributed by atoms with E-state index in [-0.39, 0.29) is 11.9 Å². The first-order valence-electron chi connectivity index (χ1n) is 9.14. The van der Waals surface area contributed by atoms with Crippen LogP contribution in [-0.4, -0.2) is 35.6 Å². The van der Waals surface area contributed by atoms with E-state index in [0.29, 0.717) is 6.54 Å². The number of nitrogens with zero attached hydrogens (tertiary/aromatic N) is 3. The van der Waals surface area contributed by atoms with Crippen molar-refractivity contribution in [3.05, 3.63) is 60.4 Å². The van der Waals surface area contributed by atoms with Crippen molar-refractivity contribution in [2.24, 2.45) is 0 Å². The Balaban J connectivity index is 1.53. The van der Waals surface area contributed by atoms with E-state index in [9.17, 15) is 4.79 Å². The summed E-state index contributed by atoms with van der Waals surface area (Å²) in [5.74, 6) is 1.62. The Morgan fingerprint density at radius 2 is 2.00 bits per heavy atom. The Morgan fingerprint density at radius 3 is 2.89 bits per heavy atom. The van der Waals surface area contributed by atoms with Crippen molar-refractivity contribution in [1.82, 2.24) is 15.3 Å². The molecule has 1 amide bonds. The van der Waals surface area contributed by atoms with E-state index >= 15 is 0 Å². The summed E-state index contributed by atoms with van der Waals surface area (Å²) in [6, 6.07) is 15.4. The van der Waals surface area contributed by atoms with Crippen molar-refractivity contribution in [1.29, 1.82) is 0 Å². The largest absolute Gasteiger partial charge is 0.496 e. The highest BCUT2D eigenvalue weighted by molar-refractivity contribution is 5.93. The summed E-state index contributed by atoms with van der Waals surface area (Å²) in [5.41, 5.74) is 1.85. The number of carbonyl (C=O) groups excluding carboxylic acids is 1. The number of amides is 1. The van der Waals surface area contributed by atoms with E-state index in [0.717, 1.165) is 47.4 Å². The smallest absolute Gasteiger partial charge is 0.243 e. The van der Waals surface area contributed by atoms with Gasteiger partial charge in [-0.1, -0.05) is 30.3 Å². The molecule has 0 saturated carbocycles. The van der Waals surface area contributed by atoms with Crippen LogP contribution in [0.5, 0.6) is 5.75 Å². The quantitative estimate of drug-likeness (QED) is 0.756. The van der Waals surface area contributed by atoms with Crippen LogP contribution in [0.4, 0.5) is 5.82 Å². The zero-order chi connectivity index (χ0) is 18.6. The van der Waals surface area contributed by atoms with Crippen LogP contribution in [0.15, 0.2) is 54.9 Å². The number of carbonyl (C=O) groups is 1. The van der Waals surface area contributed by atoms with Gasteiger partial charge < -0.3 is 15.0 Å². The molecule has 6 heteroatoms. The zero-order valence-electron chi connectivity index (χ0n) is 15.3. The number of fused-ring (bicyclic) bond motifs is 1. The number of ether oxygens (including phenoxy) is 1. The van der Waals surface area contributed by atoms with Crippen LogP contribution in [0.1, 0.15) is 18.4 Å². The second kappa shape index (κ2) is 7.61. The first kappa shape index (κ1) is 17.3. The Labute approximate surface area is 158 Å². The molecule has 2 aromatic carbocycles. The van der Waals surface area contributed by atoms with E-state index in [4.69, 9.17) is 4.74 Å². The maximum Gasteiger partial charge on any atom is 0.243 e. The molecule has 1 unspecified atom stereocenters. The molecule has 4 rings (SSSR count). The molecule has 0 bridgehead atoms. The van der Waals surface area contributed by atoms with E-state index in [1.807, 2.05) is 48.5 Å². The maximum atomic E-state index is 12.9. The van der Waals surface area contributed by atoms with Crippen LogP contribution in [0.2, 0.25) is 0 Å². The lowest BCUT2D eigenvalue weighted by molar-refractivity contribution is -0.122. The van der Waals surface area contributed by atoms with Gasteiger partial charge in [-0.05, 0) is 31.0 Å². The molecule has 0 radical (unpaired) electrons. The number of anilines is 1. The zero-order valence-corrected chi connectivity index (χ0v) is 15.3. The predicted molar refractivity (Wildman–Crippen MR) is 105 cm³/mol. The second-order valence-electron chi connectivity index (χ2n) is 6.60. The summed E-state index contributed by atoms with van der Waals surface area (Å²) < 4.78 is 5.36. The normalized spacial score (nSPS) is 16.5. The number of hydrogen-bond acceptors (Lipinski definition) is 5. The third-order valence-electron chi connectivity index (χ3n) is 4.99. The van der Waals surface area contributed by atoms with Crippen molar-refractivity contribution in [3.63, 3.8) is 0 Å². The summed E-state index contributed by atoms with van der Waals surface area (Å²) in [6.07, 6.45) is 3.35. The highest BCUT2D eigenvalue weighted by atomic mass is 16.5. The van der Waals surface area contributed by atoms with Gasteiger partial charge in [0.15, 0.2) is 0 Å². The van der Waals surface area contributed by atoms with Gasteiger partial charge in [-0.3, -0.25) is 4.79 Å². The van der Waals surface area contributed by atoms with Crippen molar-refractivity contribution < 1.29 is 9.53 Å². The Kier molecular flexibility index (Phi) is 4.87. The van der Waals surface area contributed by atoms with Gasteiger partial charge in [0, 0.05) is 24.0 Å². The Morgan fingerprint density at radius 1 is 1.19 bits per heavy atom. The molecular weight excluding hydrogens is 340 g/mol. The minimum atomic E-state index is -0.224. The van der Waals surface area contributed by atoms with Crippen molar-refractivity contribution >= 4 is 22.6 Å². The molecule has 2 heterocycles. The molecule has 27 heavy (non-hydrogen) atoms. The molecule has 0 spiro atoms. The molecule has 1 fully saturated rings. The molecule has 3 aromatic rings. The minimum absolute atomic E-state index is 0.0149. The number of para-hydroxylation sites is 2. The van der Waals surface area contributed by atoms with Gasteiger partial charge >= 0.3 is 0 Å². The molecule has 138 valence electrons. The average molecular weight is 362 g/mol. The Bertz CT molecular complexity index is 954. The predicted octanol–water partition coefficient (Wildman–Crippen LogP) is 2.92. The van der Waals surface area contributed by atoms with Gasteiger partial charge in [-0.25, -0.2) is 9.97 Å². The van der Waals surface area contributed by atoms with Gasteiger partial charge in [-0.15, -0.1) is 0 Å². The third kappa shape index (κ3) is 3.43. The first-order valence-corrected chi connectivity index (χ1v) is 9.14. The lowest BCUT2D eigenvalue weighted by atomic mass is 10.1. The van der Waals surface area contributed by atoms with Crippen LogP contribution < -0.4 is 15.0 Å². The van der Waals surface area contributed by atoms with E-state index in [1.54, 1.807) is 13.4 Å². The monoisotopic (exact) mass is 362 g/mol. The van der Waals surface area contributed by atoms with Crippen LogP contribution >= 0.6 is 0 Å². The van der Waals surface area contributed by atoms with E-state index in [2.05, 4.69) is 20.2 Å². The van der Waals surface area contributed by atoms with Gasteiger partial charge in [0.25, 0.3) is 0 Å². The lowest BCUT2D eigenvalue weighted by Gasteiger charge is -2.26. The summed E-state index contributed by atoms with van der Waals surface area (Å²) in [7, 11) is 1.64. The number of rotatable bonds is 5. The number of benzene rings is 2. The Hall–Kier alpha value is -3.15. The fourth-order valence-corrected chi connectivity index (χ4v) is 3.66. The van der Waals surface area contributed by atoms with Crippen molar-refractivity contribution in [2.45, 2.75) is 25.4 Å². The molecule has 0 aliphatic carbocycles. The van der Waals surface area contributed by atoms with Crippen LogP contribution in [0.3, 0.4) is 0 Å². The van der Waals surface area contributed by atoms with Gasteiger partial charge in [0.1, 0.15) is 23.9 Å². The molecule has 6 nitrogen and oxygen atoms in total. The summed E-state index contributed by atoms with van der Waals surface area (Å²) in [4.78, 5) is 23.8. The highest BCUT2D eigenvalue weighted by Crippen LogP contribution is 2.29.